The maximum Gasteiger partial charge on any atom is 0.325 e. The molecule has 0 radical (unpaired) electrons. The second-order valence-corrected chi connectivity index (χ2v) is 3.61. The molecule has 0 aliphatic heterocycles. The van der Waals surface area contributed by atoms with E-state index in [1.54, 1.807) is 0 Å². The molecule has 1 amide bonds. The van der Waals surface area contributed by atoms with Crippen molar-refractivity contribution < 1.29 is 24.9 Å². The Kier molecular flexibility index (Phi) is 7.75. The Balaban J connectivity index is 0. The molecule has 0 aliphatic rings. The topological polar surface area (TPSA) is 107 Å². The van der Waals surface area contributed by atoms with E-state index in [1.807, 2.05) is 0 Å². The van der Waals surface area contributed by atoms with Crippen LogP contribution in [0, 0.1) is 5.92 Å². The van der Waals surface area contributed by atoms with Crippen LogP contribution in [0.2, 0.25) is 0 Å². The Morgan fingerprint density at radius 3 is 1.88 bits per heavy atom. The molecule has 0 bridgehead atoms. The van der Waals surface area contributed by atoms with Crippen LogP contribution in [0.4, 0.5) is 0 Å². The van der Waals surface area contributed by atoms with Gasteiger partial charge in [-0.1, -0.05) is 14.4 Å². The number of carboxylic acids is 1. The lowest BCUT2D eigenvalue weighted by atomic mass is 9.98. The average Bonchev–Trinajstić information content (AvgIpc) is 2.14. The third-order valence-corrected chi connectivity index (χ3v) is 2.26. The zero-order chi connectivity index (χ0) is 12.2. The number of aliphatic hydroxyl groups is 2. The van der Waals surface area contributed by atoms with Crippen LogP contribution in [-0.4, -0.2) is 45.4 Å². The maximum absolute atomic E-state index is 11.3. The lowest BCUT2D eigenvalue weighted by Crippen LogP contribution is -2.47. The third-order valence-electron chi connectivity index (χ3n) is 2.26. The summed E-state index contributed by atoms with van der Waals surface area (Å²) in [7, 11) is 0. The molecule has 6 nitrogen and oxygen atoms in total. The van der Waals surface area contributed by atoms with Gasteiger partial charge in [-0.15, -0.1) is 0 Å². The van der Waals surface area contributed by atoms with Crippen LogP contribution >= 0.6 is 0 Å². The number of hydrogen-bond acceptors (Lipinski definition) is 4. The van der Waals surface area contributed by atoms with Crippen molar-refractivity contribution in [2.24, 2.45) is 5.92 Å². The molecule has 0 saturated carbocycles. The highest BCUT2D eigenvalue weighted by atomic mass is 16.4. The van der Waals surface area contributed by atoms with Gasteiger partial charge in [0.25, 0.3) is 0 Å². The highest BCUT2D eigenvalue weighted by Crippen LogP contribution is 2.08. The van der Waals surface area contributed by atoms with Crippen LogP contribution in [-0.2, 0) is 9.59 Å². The summed E-state index contributed by atoms with van der Waals surface area (Å²) in [5, 5.41) is 29.2. The zero-order valence-electron chi connectivity index (χ0n) is 8.97. The molecule has 4 atom stereocenters. The molecule has 0 fully saturated rings. The second kappa shape index (κ2) is 7.19. The molecule has 0 aromatic heterocycles. The van der Waals surface area contributed by atoms with Gasteiger partial charge in [0, 0.05) is 5.92 Å². The van der Waals surface area contributed by atoms with Crippen molar-refractivity contribution in [3.8, 4) is 0 Å². The smallest absolute Gasteiger partial charge is 0.325 e. The number of amides is 1. The number of hydrogen-bond donors (Lipinski definition) is 4. The molecule has 16 heavy (non-hydrogen) atoms. The summed E-state index contributed by atoms with van der Waals surface area (Å²) >= 11 is 0. The molecule has 4 unspecified atom stereocenters. The summed E-state index contributed by atoms with van der Waals surface area (Å²) in [6.45, 7) is 4.24. The number of nitrogens with one attached hydrogen (secondary N) is 1. The largest absolute Gasteiger partial charge is 0.480 e. The van der Waals surface area contributed by atoms with Crippen molar-refractivity contribution in [2.45, 2.75) is 46.4 Å². The van der Waals surface area contributed by atoms with Crippen molar-refractivity contribution in [1.82, 2.24) is 5.32 Å². The molecular weight excluding hydrogens is 214 g/mol. The van der Waals surface area contributed by atoms with Gasteiger partial charge in [-0.05, 0) is 13.8 Å². The lowest BCUT2D eigenvalue weighted by Gasteiger charge is -2.21. The number of carboxylic acid groups (broad SMARTS) is 1. The molecule has 0 rings (SSSR count). The normalized spacial score (nSPS) is 17.6. The third kappa shape index (κ3) is 5.09. The van der Waals surface area contributed by atoms with Crippen molar-refractivity contribution >= 4 is 11.9 Å². The molecule has 0 aromatic rings. The molecule has 96 valence electrons. The van der Waals surface area contributed by atoms with E-state index in [9.17, 15) is 14.7 Å². The quantitative estimate of drug-likeness (QED) is 0.518. The van der Waals surface area contributed by atoms with Gasteiger partial charge in [-0.2, -0.15) is 0 Å². The average molecular weight is 235 g/mol. The lowest BCUT2D eigenvalue weighted by molar-refractivity contribution is -0.144. The van der Waals surface area contributed by atoms with E-state index in [-0.39, 0.29) is 7.43 Å². The van der Waals surface area contributed by atoms with E-state index in [0.29, 0.717) is 0 Å². The molecular formula is C10H21NO5. The highest BCUT2D eigenvalue weighted by Gasteiger charge is 2.27. The SMILES string of the molecule is C.CC(NC(=O)C(O)C(C)C(C)O)C(=O)O. The Hall–Kier alpha value is -1.14. The fourth-order valence-corrected chi connectivity index (χ4v) is 0.863. The van der Waals surface area contributed by atoms with Gasteiger partial charge in [0.15, 0.2) is 0 Å². The van der Waals surface area contributed by atoms with Crippen molar-refractivity contribution in [2.75, 3.05) is 0 Å². The fraction of sp³-hybridized carbons (Fsp3) is 0.800. The van der Waals surface area contributed by atoms with Crippen molar-refractivity contribution in [1.29, 1.82) is 0 Å². The molecule has 0 aromatic carbocycles. The molecule has 0 aliphatic carbocycles. The summed E-state index contributed by atoms with van der Waals surface area (Å²) in [6.07, 6.45) is -2.25. The second-order valence-electron chi connectivity index (χ2n) is 3.61. The first-order valence-electron chi connectivity index (χ1n) is 4.66. The van der Waals surface area contributed by atoms with Gasteiger partial charge in [0.05, 0.1) is 6.10 Å². The van der Waals surface area contributed by atoms with Gasteiger partial charge in [-0.25, -0.2) is 0 Å². The van der Waals surface area contributed by atoms with Crippen LogP contribution in [0.25, 0.3) is 0 Å². The van der Waals surface area contributed by atoms with Crippen molar-refractivity contribution in [3.63, 3.8) is 0 Å². The maximum atomic E-state index is 11.3. The first-order valence-corrected chi connectivity index (χ1v) is 4.66. The minimum Gasteiger partial charge on any atom is -0.480 e. The van der Waals surface area contributed by atoms with Gasteiger partial charge in [0.2, 0.25) is 5.91 Å². The minimum absolute atomic E-state index is 0. The first kappa shape index (κ1) is 17.3. The van der Waals surface area contributed by atoms with Crippen LogP contribution < -0.4 is 5.32 Å². The van der Waals surface area contributed by atoms with E-state index in [2.05, 4.69) is 5.32 Å². The van der Waals surface area contributed by atoms with Crippen LogP contribution in [0.15, 0.2) is 0 Å². The minimum atomic E-state index is -1.41. The molecule has 0 heterocycles. The van der Waals surface area contributed by atoms with E-state index in [0.717, 1.165) is 0 Å². The number of carbonyl (C=O) groups excluding carboxylic acids is 1. The Bertz CT molecular complexity index is 241. The standard InChI is InChI=1S/C9H17NO5.CH4/c1-4(6(3)11)7(12)8(13)10-5(2)9(14)15;/h4-7,11-12H,1-3H3,(H,10,13)(H,14,15);1H4. The Morgan fingerprint density at radius 2 is 1.56 bits per heavy atom. The monoisotopic (exact) mass is 235 g/mol. The van der Waals surface area contributed by atoms with Gasteiger partial charge < -0.3 is 20.6 Å². The summed E-state index contributed by atoms with van der Waals surface area (Å²) in [5.41, 5.74) is 0. The molecule has 4 N–H and O–H groups in total. The molecule has 6 heteroatoms. The van der Waals surface area contributed by atoms with Gasteiger partial charge in [-0.3, -0.25) is 9.59 Å². The number of carbonyl (C=O) groups is 2. The van der Waals surface area contributed by atoms with E-state index in [4.69, 9.17) is 10.2 Å². The van der Waals surface area contributed by atoms with Crippen LogP contribution in [0.5, 0.6) is 0 Å². The predicted octanol–water partition coefficient (Wildman–Crippen LogP) is -0.410. The van der Waals surface area contributed by atoms with E-state index in [1.165, 1.54) is 20.8 Å². The number of rotatable bonds is 5. The summed E-state index contributed by atoms with van der Waals surface area (Å²) in [4.78, 5) is 21.7. The van der Waals surface area contributed by atoms with Crippen LogP contribution in [0.3, 0.4) is 0 Å². The van der Waals surface area contributed by atoms with E-state index < -0.39 is 36.0 Å². The van der Waals surface area contributed by atoms with Crippen molar-refractivity contribution in [3.05, 3.63) is 0 Å². The summed E-state index contributed by atoms with van der Waals surface area (Å²) in [5.74, 6) is -2.62. The summed E-state index contributed by atoms with van der Waals surface area (Å²) in [6, 6.07) is -1.06. The number of aliphatic carboxylic acids is 1. The number of aliphatic hydroxyl groups excluding tert-OH is 2. The highest BCUT2D eigenvalue weighted by molar-refractivity contribution is 5.86. The molecule has 0 spiro atoms. The van der Waals surface area contributed by atoms with Gasteiger partial charge in [0.1, 0.15) is 12.1 Å². The Morgan fingerprint density at radius 1 is 1.12 bits per heavy atom. The fourth-order valence-electron chi connectivity index (χ4n) is 0.863. The summed E-state index contributed by atoms with van der Waals surface area (Å²) < 4.78 is 0. The van der Waals surface area contributed by atoms with Gasteiger partial charge >= 0.3 is 5.97 Å². The first-order chi connectivity index (χ1) is 6.77. The van der Waals surface area contributed by atoms with E-state index >= 15 is 0 Å². The zero-order valence-corrected chi connectivity index (χ0v) is 8.97. The van der Waals surface area contributed by atoms with Crippen LogP contribution in [0.1, 0.15) is 28.2 Å². The Labute approximate surface area is 95.3 Å². The molecule has 0 saturated heterocycles. The predicted molar refractivity (Wildman–Crippen MR) is 58.8 cm³/mol.